The molecule has 0 fully saturated rings. The second-order valence-corrected chi connectivity index (χ2v) is 23.4. The molecule has 0 radical (unpaired) electrons. The molecule has 4 nitrogen and oxygen atoms in total. The van der Waals surface area contributed by atoms with Crippen molar-refractivity contribution in [2.45, 2.75) is 27.7 Å². The lowest BCUT2D eigenvalue weighted by molar-refractivity contribution is 1.25. The monoisotopic (exact) mass is 1130 g/mol. The molecule has 0 atom stereocenters. The van der Waals surface area contributed by atoms with Gasteiger partial charge in [-0.25, -0.2) is 0 Å². The van der Waals surface area contributed by atoms with E-state index in [9.17, 15) is 0 Å². The summed E-state index contributed by atoms with van der Waals surface area (Å²) in [6.45, 7) is 9.00. The molecule has 0 aliphatic heterocycles. The van der Waals surface area contributed by atoms with Crippen molar-refractivity contribution < 1.29 is 0 Å². The molecule has 0 aliphatic rings. The van der Waals surface area contributed by atoms with Gasteiger partial charge in [0.15, 0.2) is 0 Å². The molecule has 4 heteroatoms. The zero-order valence-electron chi connectivity index (χ0n) is 49.7. The van der Waals surface area contributed by atoms with Gasteiger partial charge in [-0.05, 0) is 132 Å². The highest BCUT2D eigenvalue weighted by Crippen LogP contribution is 2.57. The van der Waals surface area contributed by atoms with Crippen LogP contribution in [0, 0.1) is 27.7 Å². The van der Waals surface area contributed by atoms with Crippen LogP contribution in [0.2, 0.25) is 0 Å². The van der Waals surface area contributed by atoms with Crippen molar-refractivity contribution >= 4 is 144 Å². The van der Waals surface area contributed by atoms with E-state index in [0.717, 1.165) is 89.8 Å². The summed E-state index contributed by atoms with van der Waals surface area (Å²) in [6.07, 6.45) is 0. The molecule has 0 aliphatic carbocycles. The first-order valence-electron chi connectivity index (χ1n) is 30.5. The van der Waals surface area contributed by atoms with Gasteiger partial charge in [-0.1, -0.05) is 243 Å². The van der Waals surface area contributed by atoms with Crippen LogP contribution in [0.25, 0.3) is 75.4 Å². The average molecular weight is 1130 g/mol. The summed E-state index contributed by atoms with van der Waals surface area (Å²) < 4.78 is 0. The predicted octanol–water partition coefficient (Wildman–Crippen LogP) is 24.3. The summed E-state index contributed by atoms with van der Waals surface area (Å²) in [5.74, 6) is 0. The van der Waals surface area contributed by atoms with Gasteiger partial charge in [0, 0.05) is 76.6 Å². The molecular formula is C84H62N4. The maximum atomic E-state index is 2.56. The van der Waals surface area contributed by atoms with Crippen LogP contribution >= 0.6 is 0 Å². The van der Waals surface area contributed by atoms with Gasteiger partial charge in [0.2, 0.25) is 0 Å². The third-order valence-corrected chi connectivity index (χ3v) is 18.2. The Morgan fingerprint density at radius 1 is 0.159 bits per heavy atom. The number of hydrogen-bond acceptors (Lipinski definition) is 4. The number of nitrogens with zero attached hydrogens (tertiary/aromatic N) is 4. The summed E-state index contributed by atoms with van der Waals surface area (Å²) in [6, 6.07) is 113. The third kappa shape index (κ3) is 8.51. The molecule has 0 amide bonds. The van der Waals surface area contributed by atoms with Gasteiger partial charge >= 0.3 is 0 Å². The Hall–Kier alpha value is -11.2. The highest BCUT2D eigenvalue weighted by atomic mass is 15.2. The fourth-order valence-electron chi connectivity index (χ4n) is 14.1. The highest BCUT2D eigenvalue weighted by molar-refractivity contribution is 6.34. The first-order valence-corrected chi connectivity index (χ1v) is 30.5. The minimum Gasteiger partial charge on any atom is -0.309 e. The Morgan fingerprint density at radius 3 is 0.591 bits per heavy atom. The van der Waals surface area contributed by atoms with Crippen molar-refractivity contribution in [3.05, 3.63) is 326 Å². The van der Waals surface area contributed by atoms with Gasteiger partial charge in [0.25, 0.3) is 0 Å². The third-order valence-electron chi connectivity index (χ3n) is 18.2. The quantitative estimate of drug-likeness (QED) is 0.113. The Labute approximate surface area is 513 Å². The number of benzene rings is 16. The van der Waals surface area contributed by atoms with Crippen molar-refractivity contribution in [2.24, 2.45) is 0 Å². The van der Waals surface area contributed by atoms with Crippen LogP contribution in [0.5, 0.6) is 0 Å². The highest BCUT2D eigenvalue weighted by Gasteiger charge is 2.31. The van der Waals surface area contributed by atoms with Gasteiger partial charge in [0.05, 0.1) is 45.5 Å². The molecule has 16 aromatic rings. The van der Waals surface area contributed by atoms with E-state index in [2.05, 4.69) is 351 Å². The van der Waals surface area contributed by atoms with Crippen LogP contribution in [0.3, 0.4) is 0 Å². The van der Waals surface area contributed by atoms with Gasteiger partial charge in [0.1, 0.15) is 0 Å². The SMILES string of the molecule is Cc1ccccc1N(c1cccc2ccccc12)c1cc(N(c2ccccc2C)c2cccc3ccccc23)c2ccc3c(N(c4ccccc4C)c4cccc5ccccc45)cc(N(c4ccccc4C)c4cccc5ccccc45)c4ccc1c2c43. The normalized spacial score (nSPS) is 11.6. The van der Waals surface area contributed by atoms with Crippen molar-refractivity contribution in [3.63, 3.8) is 0 Å². The maximum absolute atomic E-state index is 2.56. The molecule has 0 spiro atoms. The second-order valence-electron chi connectivity index (χ2n) is 23.4. The van der Waals surface area contributed by atoms with E-state index in [4.69, 9.17) is 0 Å². The summed E-state index contributed by atoms with van der Waals surface area (Å²) >= 11 is 0. The zero-order valence-corrected chi connectivity index (χ0v) is 49.7. The van der Waals surface area contributed by atoms with Crippen LogP contribution in [-0.2, 0) is 0 Å². The van der Waals surface area contributed by atoms with Crippen LogP contribution in [-0.4, -0.2) is 0 Å². The standard InChI is InChI=1S/C84H62N4/c1-55-25-5-17-41-71(55)85(75-45-21-33-59-29-9-13-37-63(59)75)79-53-80(86(72-42-18-6-26-56(72)2)76-46-22-34-60-30-10-14-38-64(60)76)68-51-52-70-82(88(74-44-20-8-28-58(74)4)78-48-24-36-62-32-12-16-40-66(62)78)54-81(69-50-49-67(79)83(68)84(69)70)87(73-43-19-7-27-57(73)3)77-47-23-35-61-31-11-15-39-65(61)77/h5-54H,1-4H3. The fraction of sp³-hybridized carbons (Fsp3) is 0.0476. The largest absolute Gasteiger partial charge is 0.309 e. The minimum atomic E-state index is 1.07. The summed E-state index contributed by atoms with van der Waals surface area (Å²) in [5.41, 5.74) is 17.8. The second kappa shape index (κ2) is 21.4. The summed E-state index contributed by atoms with van der Waals surface area (Å²) in [5, 5.41) is 16.3. The molecule has 0 aromatic heterocycles. The van der Waals surface area contributed by atoms with E-state index < -0.39 is 0 Å². The Kier molecular flexibility index (Phi) is 12.7. The Morgan fingerprint density at radius 2 is 0.352 bits per heavy atom. The topological polar surface area (TPSA) is 13.0 Å². The van der Waals surface area contributed by atoms with E-state index in [-0.39, 0.29) is 0 Å². The van der Waals surface area contributed by atoms with Crippen molar-refractivity contribution in [1.29, 1.82) is 0 Å². The fourth-order valence-corrected chi connectivity index (χ4v) is 14.1. The van der Waals surface area contributed by atoms with Crippen LogP contribution in [0.4, 0.5) is 68.2 Å². The predicted molar refractivity (Wildman–Crippen MR) is 378 cm³/mol. The van der Waals surface area contributed by atoms with Crippen LogP contribution in [0.1, 0.15) is 22.3 Å². The Bertz CT molecular complexity index is 4710. The number of rotatable bonds is 12. The van der Waals surface area contributed by atoms with Crippen molar-refractivity contribution in [3.8, 4) is 0 Å². The molecule has 418 valence electrons. The molecule has 0 bridgehead atoms. The van der Waals surface area contributed by atoms with Gasteiger partial charge in [-0.2, -0.15) is 0 Å². The number of anilines is 12. The molecule has 16 aromatic carbocycles. The lowest BCUT2D eigenvalue weighted by atomic mass is 9.88. The number of hydrogen-bond donors (Lipinski definition) is 0. The van der Waals surface area contributed by atoms with E-state index in [1.54, 1.807) is 0 Å². The molecule has 0 N–H and O–H groups in total. The lowest BCUT2D eigenvalue weighted by Gasteiger charge is -2.36. The average Bonchev–Trinajstić information content (AvgIpc) is 0.717. The summed E-state index contributed by atoms with van der Waals surface area (Å²) in [7, 11) is 0. The number of fused-ring (bicyclic) bond motifs is 4. The van der Waals surface area contributed by atoms with E-state index in [0.29, 0.717) is 0 Å². The molecule has 0 saturated heterocycles. The van der Waals surface area contributed by atoms with E-state index in [1.807, 2.05) is 0 Å². The van der Waals surface area contributed by atoms with Gasteiger partial charge < -0.3 is 19.6 Å². The molecular weight excluding hydrogens is 1060 g/mol. The molecule has 88 heavy (non-hydrogen) atoms. The first kappa shape index (κ1) is 52.4. The Balaban J connectivity index is 1.15. The number of para-hydroxylation sites is 4. The first-order chi connectivity index (χ1) is 43.4. The van der Waals surface area contributed by atoms with Gasteiger partial charge in [-0.3, -0.25) is 0 Å². The van der Waals surface area contributed by atoms with E-state index >= 15 is 0 Å². The minimum absolute atomic E-state index is 1.07. The van der Waals surface area contributed by atoms with Crippen molar-refractivity contribution in [1.82, 2.24) is 0 Å². The van der Waals surface area contributed by atoms with Crippen LogP contribution in [0.15, 0.2) is 303 Å². The maximum Gasteiger partial charge on any atom is 0.0561 e. The zero-order chi connectivity index (χ0) is 59.0. The molecule has 0 heterocycles. The smallest absolute Gasteiger partial charge is 0.0561 e. The van der Waals surface area contributed by atoms with Crippen LogP contribution < -0.4 is 19.6 Å². The molecule has 0 unspecified atom stereocenters. The molecule has 0 saturated carbocycles. The van der Waals surface area contributed by atoms with Gasteiger partial charge in [-0.15, -0.1) is 0 Å². The summed E-state index contributed by atoms with van der Waals surface area (Å²) in [4.78, 5) is 10.2. The van der Waals surface area contributed by atoms with Crippen molar-refractivity contribution in [2.75, 3.05) is 19.6 Å². The number of aryl methyl sites for hydroxylation is 4. The molecule has 16 rings (SSSR count). The lowest BCUT2D eigenvalue weighted by Crippen LogP contribution is -2.17. The van der Waals surface area contributed by atoms with E-state index in [1.165, 1.54) is 76.1 Å².